The van der Waals surface area contributed by atoms with E-state index in [1.807, 2.05) is 6.92 Å². The van der Waals surface area contributed by atoms with Crippen molar-refractivity contribution in [1.29, 1.82) is 0 Å². The van der Waals surface area contributed by atoms with E-state index in [1.54, 1.807) is 12.1 Å². The molecule has 1 aromatic rings. The normalized spacial score (nSPS) is 10.5. The average molecular weight is 196 g/mol. The molecular weight excluding hydrogens is 187 g/mol. The molecular formula is C7H9NaO3S. The first-order valence-electron chi connectivity index (χ1n) is 3.04. The Hall–Kier alpha value is 0.130. The SMILES string of the molecule is Cc1ccc(S(=O)(=O)O)cc1.[H-].[Na+]. The van der Waals surface area contributed by atoms with Crippen molar-refractivity contribution in [3.05, 3.63) is 29.8 Å². The van der Waals surface area contributed by atoms with Crippen LogP contribution in [-0.4, -0.2) is 13.0 Å². The standard InChI is InChI=1S/C7H8O3S.Na.H/c1-6-2-4-7(5-3-6)11(8,9)10;;/h2-5H,1H3,(H,8,9,10);;/q;+1;-1. The molecule has 5 heteroatoms. The van der Waals surface area contributed by atoms with Gasteiger partial charge in [0.15, 0.2) is 0 Å². The minimum Gasteiger partial charge on any atom is -1.00 e. The van der Waals surface area contributed by atoms with Crippen LogP contribution in [0, 0.1) is 6.92 Å². The number of hydrogen-bond donors (Lipinski definition) is 1. The largest absolute Gasteiger partial charge is 1.00 e. The fourth-order valence-corrected chi connectivity index (χ4v) is 1.19. The molecule has 0 spiro atoms. The number of rotatable bonds is 1. The van der Waals surface area contributed by atoms with Gasteiger partial charge in [-0.25, -0.2) is 0 Å². The van der Waals surface area contributed by atoms with E-state index in [4.69, 9.17) is 4.55 Å². The van der Waals surface area contributed by atoms with Crippen molar-refractivity contribution in [3.63, 3.8) is 0 Å². The van der Waals surface area contributed by atoms with Crippen molar-refractivity contribution in [2.45, 2.75) is 11.8 Å². The van der Waals surface area contributed by atoms with Gasteiger partial charge in [0.1, 0.15) is 0 Å². The van der Waals surface area contributed by atoms with Gasteiger partial charge in [0.2, 0.25) is 0 Å². The van der Waals surface area contributed by atoms with Gasteiger partial charge in [0.25, 0.3) is 10.1 Å². The maximum absolute atomic E-state index is 10.5. The van der Waals surface area contributed by atoms with E-state index in [0.717, 1.165) is 5.56 Å². The first kappa shape index (κ1) is 12.1. The van der Waals surface area contributed by atoms with Gasteiger partial charge in [0, 0.05) is 0 Å². The van der Waals surface area contributed by atoms with E-state index in [1.165, 1.54) is 12.1 Å². The summed E-state index contributed by atoms with van der Waals surface area (Å²) < 4.78 is 29.6. The van der Waals surface area contributed by atoms with E-state index < -0.39 is 10.1 Å². The Labute approximate surface area is 95.3 Å². The molecule has 1 aromatic carbocycles. The summed E-state index contributed by atoms with van der Waals surface area (Å²) in [5.74, 6) is 0. The Kier molecular flexibility index (Phi) is 4.44. The predicted octanol–water partition coefficient (Wildman–Crippen LogP) is -1.64. The molecule has 0 saturated heterocycles. The van der Waals surface area contributed by atoms with Crippen LogP contribution in [0.3, 0.4) is 0 Å². The second kappa shape index (κ2) is 4.39. The molecule has 0 aliphatic rings. The Morgan fingerprint density at radius 3 is 2.00 bits per heavy atom. The molecule has 0 saturated carbocycles. The van der Waals surface area contributed by atoms with Gasteiger partial charge in [-0.2, -0.15) is 8.42 Å². The summed E-state index contributed by atoms with van der Waals surface area (Å²) in [6, 6.07) is 5.99. The van der Waals surface area contributed by atoms with Crippen molar-refractivity contribution < 1.29 is 44.0 Å². The van der Waals surface area contributed by atoms with Crippen LogP contribution < -0.4 is 29.6 Å². The molecule has 0 fully saturated rings. The van der Waals surface area contributed by atoms with Gasteiger partial charge in [0.05, 0.1) is 4.90 Å². The summed E-state index contributed by atoms with van der Waals surface area (Å²) in [5.41, 5.74) is 0.956. The van der Waals surface area contributed by atoms with Crippen LogP contribution in [0.1, 0.15) is 6.99 Å². The minimum absolute atomic E-state index is 0. The monoisotopic (exact) mass is 196 g/mol. The fourth-order valence-electron chi connectivity index (χ4n) is 0.710. The third kappa shape index (κ3) is 3.25. The van der Waals surface area contributed by atoms with Crippen LogP contribution in [-0.2, 0) is 10.1 Å². The van der Waals surface area contributed by atoms with Crippen LogP contribution >= 0.6 is 0 Å². The van der Waals surface area contributed by atoms with Crippen LogP contribution in [0.2, 0.25) is 0 Å². The van der Waals surface area contributed by atoms with Crippen molar-refractivity contribution in [2.24, 2.45) is 0 Å². The Morgan fingerprint density at radius 2 is 1.67 bits per heavy atom. The van der Waals surface area contributed by atoms with Crippen molar-refractivity contribution >= 4 is 10.1 Å². The van der Waals surface area contributed by atoms with Crippen LogP contribution in [0.15, 0.2) is 29.2 Å². The Morgan fingerprint density at radius 1 is 1.25 bits per heavy atom. The summed E-state index contributed by atoms with van der Waals surface area (Å²) in [6.45, 7) is 1.84. The molecule has 0 heterocycles. The number of aryl methyl sites for hydroxylation is 1. The van der Waals surface area contributed by atoms with Crippen molar-refractivity contribution in [3.8, 4) is 0 Å². The van der Waals surface area contributed by atoms with Crippen molar-refractivity contribution in [2.75, 3.05) is 0 Å². The summed E-state index contributed by atoms with van der Waals surface area (Å²) in [7, 11) is -4.02. The average Bonchev–Trinajstić information content (AvgIpc) is 1.86. The number of benzene rings is 1. The summed E-state index contributed by atoms with van der Waals surface area (Å²) >= 11 is 0. The topological polar surface area (TPSA) is 54.4 Å². The molecule has 1 N–H and O–H groups in total. The zero-order valence-corrected chi connectivity index (χ0v) is 9.80. The summed E-state index contributed by atoms with van der Waals surface area (Å²) in [5, 5.41) is 0. The van der Waals surface area contributed by atoms with E-state index in [-0.39, 0.29) is 35.9 Å². The molecule has 0 aliphatic carbocycles. The summed E-state index contributed by atoms with van der Waals surface area (Å²) in [6.07, 6.45) is 0. The third-order valence-electron chi connectivity index (χ3n) is 1.32. The summed E-state index contributed by atoms with van der Waals surface area (Å²) in [4.78, 5) is -0.0666. The molecule has 0 radical (unpaired) electrons. The van der Waals surface area contributed by atoms with Crippen molar-refractivity contribution in [1.82, 2.24) is 0 Å². The fraction of sp³-hybridized carbons (Fsp3) is 0.143. The van der Waals surface area contributed by atoms with Gasteiger partial charge >= 0.3 is 29.6 Å². The van der Waals surface area contributed by atoms with E-state index in [0.29, 0.717) is 0 Å². The molecule has 0 aromatic heterocycles. The molecule has 0 bridgehead atoms. The number of hydrogen-bond acceptors (Lipinski definition) is 2. The third-order valence-corrected chi connectivity index (χ3v) is 2.19. The Balaban J connectivity index is 0. The van der Waals surface area contributed by atoms with Crippen LogP contribution in [0.25, 0.3) is 0 Å². The minimum atomic E-state index is -4.02. The predicted molar refractivity (Wildman–Crippen MR) is 42.1 cm³/mol. The molecule has 0 aliphatic heterocycles. The zero-order chi connectivity index (χ0) is 8.48. The van der Waals surface area contributed by atoms with E-state index in [9.17, 15) is 8.42 Å². The zero-order valence-electron chi connectivity index (χ0n) is 7.98. The van der Waals surface area contributed by atoms with Crippen LogP contribution in [0.5, 0.6) is 0 Å². The second-order valence-corrected chi connectivity index (χ2v) is 3.71. The molecule has 0 atom stereocenters. The van der Waals surface area contributed by atoms with E-state index in [2.05, 4.69) is 0 Å². The quantitative estimate of drug-likeness (QED) is 0.433. The maximum atomic E-state index is 10.5. The van der Waals surface area contributed by atoms with Gasteiger partial charge in [-0.05, 0) is 19.1 Å². The smallest absolute Gasteiger partial charge is 1.00 e. The van der Waals surface area contributed by atoms with Gasteiger partial charge in [-0.15, -0.1) is 0 Å². The second-order valence-electron chi connectivity index (χ2n) is 2.29. The van der Waals surface area contributed by atoms with Crippen LogP contribution in [0.4, 0.5) is 0 Å². The van der Waals surface area contributed by atoms with Gasteiger partial charge < -0.3 is 1.43 Å². The maximum Gasteiger partial charge on any atom is 1.00 e. The first-order chi connectivity index (χ1) is 5.00. The molecule has 62 valence electrons. The molecule has 0 amide bonds. The van der Waals surface area contributed by atoms with Gasteiger partial charge in [-0.3, -0.25) is 4.55 Å². The molecule has 0 unspecified atom stereocenters. The molecule has 12 heavy (non-hydrogen) atoms. The molecule has 1 rings (SSSR count). The van der Waals surface area contributed by atoms with E-state index >= 15 is 0 Å². The Bertz CT molecular complexity index is 347. The van der Waals surface area contributed by atoms with Gasteiger partial charge in [-0.1, -0.05) is 17.7 Å². The first-order valence-corrected chi connectivity index (χ1v) is 4.48. The molecule has 3 nitrogen and oxygen atoms in total.